The van der Waals surface area contributed by atoms with Gasteiger partial charge in [-0.3, -0.25) is 4.55 Å². The fraction of sp³-hybridized carbons (Fsp3) is 0. The van der Waals surface area contributed by atoms with E-state index in [9.17, 15) is 18.1 Å². The molecule has 1 heterocycles. The maximum absolute atomic E-state index is 11.5. The van der Waals surface area contributed by atoms with Crippen molar-refractivity contribution in [1.82, 2.24) is 4.98 Å². The van der Waals surface area contributed by atoms with Gasteiger partial charge in [0.2, 0.25) is 0 Å². The largest absolute Gasteiger partial charge is 0.505 e. The molecule has 0 amide bonds. The maximum atomic E-state index is 11.5. The first kappa shape index (κ1) is 15.1. The molecule has 0 atom stereocenters. The second kappa shape index (κ2) is 5.75. The van der Waals surface area contributed by atoms with Gasteiger partial charge in [0.05, 0.1) is 0 Å². The molecule has 3 aromatic rings. The number of rotatable bonds is 3. The smallest absolute Gasteiger partial charge is 0.295 e. The number of nitrogens with zero attached hydrogens (tertiary/aromatic N) is 3. The van der Waals surface area contributed by atoms with E-state index in [-0.39, 0.29) is 21.7 Å². The highest BCUT2D eigenvalue weighted by Crippen LogP contribution is 2.38. The minimum Gasteiger partial charge on any atom is -0.505 e. The van der Waals surface area contributed by atoms with Crippen LogP contribution in [0.15, 0.2) is 69.9 Å². The first-order chi connectivity index (χ1) is 11.0. The number of hydrogen-bond acceptors (Lipinski definition) is 6. The molecule has 1 aromatic heterocycles. The summed E-state index contributed by atoms with van der Waals surface area (Å²) in [5.41, 5.74) is 0.0688. The summed E-state index contributed by atoms with van der Waals surface area (Å²) in [4.78, 5) is 3.58. The van der Waals surface area contributed by atoms with Gasteiger partial charge in [-0.2, -0.15) is 8.42 Å². The summed E-state index contributed by atoms with van der Waals surface area (Å²) < 4.78 is 32.2. The number of benzene rings is 2. The molecular formula is C15H11N3O4S. The summed E-state index contributed by atoms with van der Waals surface area (Å²) >= 11 is 0. The highest BCUT2D eigenvalue weighted by Gasteiger charge is 2.18. The van der Waals surface area contributed by atoms with Gasteiger partial charge in [-0.1, -0.05) is 24.3 Å². The minimum absolute atomic E-state index is 0.00697. The Morgan fingerprint density at radius 2 is 1.78 bits per heavy atom. The Bertz CT molecular complexity index is 1000. The molecule has 0 radical (unpaired) electrons. The Kier molecular flexibility index (Phi) is 3.77. The van der Waals surface area contributed by atoms with Crippen molar-refractivity contribution in [2.75, 3.05) is 0 Å². The van der Waals surface area contributed by atoms with Crippen molar-refractivity contribution in [2.24, 2.45) is 10.2 Å². The molecule has 23 heavy (non-hydrogen) atoms. The Hall–Kier alpha value is -2.84. The van der Waals surface area contributed by atoms with Gasteiger partial charge in [-0.05, 0) is 29.7 Å². The van der Waals surface area contributed by atoms with E-state index in [1.807, 2.05) is 0 Å². The van der Waals surface area contributed by atoms with Crippen LogP contribution in [0.2, 0.25) is 0 Å². The van der Waals surface area contributed by atoms with Gasteiger partial charge >= 0.3 is 0 Å². The van der Waals surface area contributed by atoms with Gasteiger partial charge in [0, 0.05) is 11.6 Å². The average molecular weight is 329 g/mol. The fourth-order valence-electron chi connectivity index (χ4n) is 2.13. The standard InChI is InChI=1S/C15H11N3O4S/c19-15-11(17-18-13-6-1-2-9-16-13)8-7-10-4-3-5-12(14(10)15)23(20,21)22/h1-9,19H,(H,20,21,22). The lowest BCUT2D eigenvalue weighted by molar-refractivity contribution is 0.475. The second-order valence-electron chi connectivity index (χ2n) is 4.65. The van der Waals surface area contributed by atoms with Crippen LogP contribution in [0, 0.1) is 0 Å². The molecule has 116 valence electrons. The van der Waals surface area contributed by atoms with Crippen LogP contribution in [-0.4, -0.2) is 23.1 Å². The molecule has 0 spiro atoms. The monoisotopic (exact) mass is 329 g/mol. The van der Waals surface area contributed by atoms with Crippen LogP contribution in [-0.2, 0) is 10.1 Å². The number of azo groups is 1. The van der Waals surface area contributed by atoms with Crippen molar-refractivity contribution in [3.63, 3.8) is 0 Å². The number of aromatic nitrogens is 1. The summed E-state index contributed by atoms with van der Waals surface area (Å²) in [6.45, 7) is 0. The van der Waals surface area contributed by atoms with E-state index in [1.54, 1.807) is 36.5 Å². The molecule has 2 N–H and O–H groups in total. The van der Waals surface area contributed by atoms with E-state index < -0.39 is 10.1 Å². The van der Waals surface area contributed by atoms with Crippen LogP contribution in [0.1, 0.15) is 0 Å². The van der Waals surface area contributed by atoms with Crippen molar-refractivity contribution in [1.29, 1.82) is 0 Å². The maximum Gasteiger partial charge on any atom is 0.295 e. The molecule has 0 unspecified atom stereocenters. The molecule has 0 bridgehead atoms. The quantitative estimate of drug-likeness (QED) is 0.563. The molecule has 3 rings (SSSR count). The molecule has 8 heteroatoms. The molecule has 0 aliphatic carbocycles. The first-order valence-electron chi connectivity index (χ1n) is 6.52. The van der Waals surface area contributed by atoms with Gasteiger partial charge < -0.3 is 5.11 Å². The summed E-state index contributed by atoms with van der Waals surface area (Å²) in [6.07, 6.45) is 1.55. The summed E-state index contributed by atoms with van der Waals surface area (Å²) in [7, 11) is -4.48. The van der Waals surface area contributed by atoms with E-state index in [0.717, 1.165) is 0 Å². The lowest BCUT2D eigenvalue weighted by Gasteiger charge is -2.07. The zero-order chi connectivity index (χ0) is 16.4. The minimum atomic E-state index is -4.48. The van der Waals surface area contributed by atoms with Gasteiger partial charge in [-0.25, -0.2) is 4.98 Å². The molecule has 0 saturated heterocycles. The van der Waals surface area contributed by atoms with Gasteiger partial charge in [0.25, 0.3) is 10.1 Å². The number of phenols is 1. The third-order valence-corrected chi connectivity index (χ3v) is 4.04. The predicted molar refractivity (Wildman–Crippen MR) is 83.8 cm³/mol. The Balaban J connectivity index is 2.17. The van der Waals surface area contributed by atoms with E-state index in [4.69, 9.17) is 0 Å². The molecular weight excluding hydrogens is 318 g/mol. The topological polar surface area (TPSA) is 112 Å². The van der Waals surface area contributed by atoms with Gasteiger partial charge in [0.15, 0.2) is 11.6 Å². The van der Waals surface area contributed by atoms with E-state index in [1.165, 1.54) is 18.2 Å². The average Bonchev–Trinajstić information content (AvgIpc) is 2.54. The highest BCUT2D eigenvalue weighted by molar-refractivity contribution is 7.86. The summed E-state index contributed by atoms with van der Waals surface area (Å²) in [5.74, 6) is -0.0366. The normalized spacial score (nSPS) is 12.0. The Morgan fingerprint density at radius 1 is 0.957 bits per heavy atom. The third kappa shape index (κ3) is 3.03. The van der Waals surface area contributed by atoms with E-state index in [0.29, 0.717) is 11.2 Å². The number of pyridine rings is 1. The van der Waals surface area contributed by atoms with E-state index >= 15 is 0 Å². The zero-order valence-electron chi connectivity index (χ0n) is 11.7. The third-order valence-electron chi connectivity index (χ3n) is 3.15. The van der Waals surface area contributed by atoms with Crippen molar-refractivity contribution >= 4 is 32.4 Å². The highest BCUT2D eigenvalue weighted by atomic mass is 32.2. The van der Waals surface area contributed by atoms with Crippen molar-refractivity contribution in [3.05, 3.63) is 54.7 Å². The number of fused-ring (bicyclic) bond motifs is 1. The number of phenolic OH excluding ortho intramolecular Hbond substituents is 1. The Morgan fingerprint density at radius 3 is 2.48 bits per heavy atom. The van der Waals surface area contributed by atoms with Crippen molar-refractivity contribution in [2.45, 2.75) is 4.90 Å². The molecule has 0 aliphatic rings. The number of aromatic hydroxyl groups is 1. The van der Waals surface area contributed by atoms with Gasteiger partial charge in [-0.15, -0.1) is 10.2 Å². The van der Waals surface area contributed by atoms with Crippen LogP contribution in [0.3, 0.4) is 0 Å². The molecule has 2 aromatic carbocycles. The van der Waals surface area contributed by atoms with Crippen LogP contribution in [0.5, 0.6) is 5.75 Å². The van der Waals surface area contributed by atoms with Crippen LogP contribution < -0.4 is 0 Å². The molecule has 0 aliphatic heterocycles. The summed E-state index contributed by atoms with van der Waals surface area (Å²) in [6, 6.07) is 12.5. The van der Waals surface area contributed by atoms with Crippen molar-refractivity contribution in [3.8, 4) is 5.75 Å². The SMILES string of the molecule is O=S(=O)(O)c1cccc2ccc(N=Nc3ccccn3)c(O)c12. The van der Waals surface area contributed by atoms with Crippen LogP contribution in [0.4, 0.5) is 11.5 Å². The van der Waals surface area contributed by atoms with Crippen LogP contribution in [0.25, 0.3) is 10.8 Å². The van der Waals surface area contributed by atoms with Crippen molar-refractivity contribution < 1.29 is 18.1 Å². The summed E-state index contributed by atoms with van der Waals surface area (Å²) in [5, 5.41) is 18.5. The van der Waals surface area contributed by atoms with E-state index in [2.05, 4.69) is 15.2 Å². The number of hydrogen-bond donors (Lipinski definition) is 2. The fourth-order valence-corrected chi connectivity index (χ4v) is 2.85. The molecule has 7 nitrogen and oxygen atoms in total. The Labute approximate surface area is 131 Å². The van der Waals surface area contributed by atoms with Gasteiger partial charge in [0.1, 0.15) is 10.6 Å². The molecule has 0 fully saturated rings. The second-order valence-corrected chi connectivity index (χ2v) is 6.04. The first-order valence-corrected chi connectivity index (χ1v) is 7.96. The molecule has 0 saturated carbocycles. The predicted octanol–water partition coefficient (Wildman–Crippen LogP) is 3.60. The van der Waals surface area contributed by atoms with Crippen LogP contribution >= 0.6 is 0 Å². The lowest BCUT2D eigenvalue weighted by Crippen LogP contribution is -1.99. The lowest BCUT2D eigenvalue weighted by atomic mass is 10.1. The zero-order valence-corrected chi connectivity index (χ0v) is 12.5.